The Balaban J connectivity index is 3.17. The highest BCUT2D eigenvalue weighted by molar-refractivity contribution is 6.19. The number of alkyl halides is 1. The molecule has 1 unspecified atom stereocenters. The number of hydrogen-bond donors (Lipinski definition) is 0. The first-order valence-electron chi connectivity index (χ1n) is 2.67. The summed E-state index contributed by atoms with van der Waals surface area (Å²) in [6, 6.07) is 0. The van der Waals surface area contributed by atoms with Gasteiger partial charge >= 0.3 is 5.97 Å². The zero-order valence-electron chi connectivity index (χ0n) is 5.39. The third kappa shape index (κ3) is 5.59. The maximum absolute atomic E-state index is 10.3. The molecule has 0 fully saturated rings. The maximum Gasteiger partial charge on any atom is 0.342 e. The van der Waals surface area contributed by atoms with Crippen LogP contribution < -0.4 is 0 Å². The summed E-state index contributed by atoms with van der Waals surface area (Å²) >= 11 is 5.28. The van der Waals surface area contributed by atoms with E-state index in [2.05, 4.69) is 9.78 Å². The van der Waals surface area contributed by atoms with E-state index in [0.29, 0.717) is 6.42 Å². The second kappa shape index (κ2) is 4.58. The molecule has 1 atom stereocenters. The molecule has 0 aliphatic heterocycles. The van der Waals surface area contributed by atoms with Gasteiger partial charge in [-0.05, 0) is 6.92 Å². The molecular formula is C5H9ClO3. The van der Waals surface area contributed by atoms with Crippen molar-refractivity contribution < 1.29 is 14.6 Å². The Morgan fingerprint density at radius 1 is 1.78 bits per heavy atom. The topological polar surface area (TPSA) is 35.5 Å². The first-order chi connectivity index (χ1) is 4.16. The van der Waals surface area contributed by atoms with Crippen LogP contribution in [0.5, 0.6) is 0 Å². The SMILES string of the molecule is CCC(=O)OOC(C)Cl. The zero-order chi connectivity index (χ0) is 7.28. The summed E-state index contributed by atoms with van der Waals surface area (Å²) in [7, 11) is 0. The monoisotopic (exact) mass is 152 g/mol. The number of hydrogen-bond acceptors (Lipinski definition) is 3. The fourth-order valence-electron chi connectivity index (χ4n) is 0.179. The lowest BCUT2D eigenvalue weighted by Crippen LogP contribution is -2.07. The third-order valence-electron chi connectivity index (χ3n) is 0.562. The Morgan fingerprint density at radius 2 is 2.33 bits per heavy atom. The molecule has 0 aliphatic rings. The van der Waals surface area contributed by atoms with Crippen LogP contribution in [0.2, 0.25) is 0 Å². The van der Waals surface area contributed by atoms with E-state index >= 15 is 0 Å². The summed E-state index contributed by atoms with van der Waals surface area (Å²) in [4.78, 5) is 18.8. The van der Waals surface area contributed by atoms with Crippen LogP contribution in [0.1, 0.15) is 20.3 Å². The van der Waals surface area contributed by atoms with E-state index in [9.17, 15) is 4.79 Å². The van der Waals surface area contributed by atoms with Gasteiger partial charge in [-0.3, -0.25) is 4.89 Å². The summed E-state index contributed by atoms with van der Waals surface area (Å²) in [5, 5.41) is 0. The first-order valence-corrected chi connectivity index (χ1v) is 3.10. The molecule has 0 aromatic heterocycles. The van der Waals surface area contributed by atoms with Crippen molar-refractivity contribution in [1.82, 2.24) is 0 Å². The lowest BCUT2D eigenvalue weighted by Gasteiger charge is -2.01. The van der Waals surface area contributed by atoms with Crippen LogP contribution in [0.15, 0.2) is 0 Å². The lowest BCUT2D eigenvalue weighted by molar-refractivity contribution is -0.278. The molecule has 9 heavy (non-hydrogen) atoms. The van der Waals surface area contributed by atoms with E-state index in [-0.39, 0.29) is 0 Å². The summed E-state index contributed by atoms with van der Waals surface area (Å²) in [5.41, 5.74) is -0.583. The van der Waals surface area contributed by atoms with Gasteiger partial charge in [0.2, 0.25) is 0 Å². The van der Waals surface area contributed by atoms with Crippen LogP contribution in [0.25, 0.3) is 0 Å². The largest absolute Gasteiger partial charge is 0.342 e. The molecule has 0 heterocycles. The fraction of sp³-hybridized carbons (Fsp3) is 0.800. The van der Waals surface area contributed by atoms with Crippen LogP contribution in [0.4, 0.5) is 0 Å². The molecule has 0 bridgehead atoms. The standard InChI is InChI=1S/C5H9ClO3/c1-3-5(7)9-8-4(2)6/h4H,3H2,1-2H3. The molecule has 0 aromatic carbocycles. The van der Waals surface area contributed by atoms with Gasteiger partial charge in [-0.1, -0.05) is 18.5 Å². The van der Waals surface area contributed by atoms with Crippen LogP contribution in [0.3, 0.4) is 0 Å². The van der Waals surface area contributed by atoms with Gasteiger partial charge in [-0.25, -0.2) is 4.79 Å². The summed E-state index contributed by atoms with van der Waals surface area (Å²) in [5.74, 6) is -0.414. The molecule has 0 radical (unpaired) electrons. The minimum absolute atomic E-state index is 0.295. The van der Waals surface area contributed by atoms with Crippen molar-refractivity contribution in [3.8, 4) is 0 Å². The molecule has 0 saturated carbocycles. The minimum atomic E-state index is -0.583. The van der Waals surface area contributed by atoms with Gasteiger partial charge in [0, 0.05) is 6.42 Å². The summed E-state index contributed by atoms with van der Waals surface area (Å²) in [6.45, 7) is 3.23. The maximum atomic E-state index is 10.3. The van der Waals surface area contributed by atoms with Gasteiger partial charge in [-0.15, -0.1) is 0 Å². The minimum Gasteiger partial charge on any atom is -0.297 e. The molecule has 0 spiro atoms. The summed E-state index contributed by atoms with van der Waals surface area (Å²) < 4.78 is 0. The number of carbonyl (C=O) groups is 1. The Labute approximate surface area is 58.8 Å². The van der Waals surface area contributed by atoms with Crippen molar-refractivity contribution in [2.75, 3.05) is 0 Å². The van der Waals surface area contributed by atoms with Crippen molar-refractivity contribution in [3.05, 3.63) is 0 Å². The van der Waals surface area contributed by atoms with Gasteiger partial charge in [0.05, 0.1) is 0 Å². The predicted molar refractivity (Wildman–Crippen MR) is 32.8 cm³/mol. The summed E-state index contributed by atoms with van der Waals surface area (Å²) in [6.07, 6.45) is 0.295. The van der Waals surface area contributed by atoms with Gasteiger partial charge < -0.3 is 0 Å². The van der Waals surface area contributed by atoms with E-state index in [1.165, 1.54) is 0 Å². The molecule has 0 N–H and O–H groups in total. The number of rotatable bonds is 3. The van der Waals surface area contributed by atoms with E-state index in [0.717, 1.165) is 0 Å². The van der Waals surface area contributed by atoms with E-state index < -0.39 is 11.5 Å². The van der Waals surface area contributed by atoms with Crippen LogP contribution >= 0.6 is 11.6 Å². The second-order valence-corrected chi connectivity index (χ2v) is 2.06. The Kier molecular flexibility index (Phi) is 4.44. The van der Waals surface area contributed by atoms with Crippen molar-refractivity contribution >= 4 is 17.6 Å². The molecule has 0 rings (SSSR count). The Bertz CT molecular complexity index is 92.2. The van der Waals surface area contributed by atoms with Crippen LogP contribution in [-0.2, 0) is 14.6 Å². The normalized spacial score (nSPS) is 12.8. The highest BCUT2D eigenvalue weighted by Crippen LogP contribution is 1.97. The van der Waals surface area contributed by atoms with Gasteiger partial charge in [0.25, 0.3) is 0 Å². The van der Waals surface area contributed by atoms with Gasteiger partial charge in [0.15, 0.2) is 5.56 Å². The Morgan fingerprint density at radius 3 is 2.67 bits per heavy atom. The van der Waals surface area contributed by atoms with Crippen molar-refractivity contribution in [1.29, 1.82) is 0 Å². The van der Waals surface area contributed by atoms with Crippen LogP contribution in [-0.4, -0.2) is 11.5 Å². The molecule has 54 valence electrons. The van der Waals surface area contributed by atoms with Crippen molar-refractivity contribution in [2.24, 2.45) is 0 Å². The quantitative estimate of drug-likeness (QED) is 0.349. The highest BCUT2D eigenvalue weighted by atomic mass is 35.5. The molecule has 0 aliphatic carbocycles. The van der Waals surface area contributed by atoms with Crippen molar-refractivity contribution in [3.63, 3.8) is 0 Å². The third-order valence-corrected chi connectivity index (χ3v) is 0.635. The molecular weight excluding hydrogens is 144 g/mol. The average molecular weight is 153 g/mol. The van der Waals surface area contributed by atoms with E-state index in [1.54, 1.807) is 13.8 Å². The molecule has 0 amide bonds. The molecule has 4 heteroatoms. The molecule has 0 aromatic rings. The smallest absolute Gasteiger partial charge is 0.297 e. The zero-order valence-corrected chi connectivity index (χ0v) is 6.14. The predicted octanol–water partition coefficient (Wildman–Crippen LogP) is 1.46. The van der Waals surface area contributed by atoms with Gasteiger partial charge in [0.1, 0.15) is 0 Å². The van der Waals surface area contributed by atoms with Gasteiger partial charge in [-0.2, -0.15) is 4.89 Å². The Hall–Kier alpha value is -0.280. The lowest BCUT2D eigenvalue weighted by atomic mass is 10.5. The fourth-order valence-corrected chi connectivity index (χ4v) is 0.215. The highest BCUT2D eigenvalue weighted by Gasteiger charge is 2.01. The van der Waals surface area contributed by atoms with Crippen LogP contribution in [0, 0.1) is 0 Å². The van der Waals surface area contributed by atoms with E-state index in [4.69, 9.17) is 11.6 Å². The van der Waals surface area contributed by atoms with E-state index in [1.807, 2.05) is 0 Å². The molecule has 0 saturated heterocycles. The number of halogens is 1. The molecule has 3 nitrogen and oxygen atoms in total. The number of carbonyl (C=O) groups excluding carboxylic acids is 1. The first kappa shape index (κ1) is 8.72. The van der Waals surface area contributed by atoms with Crippen molar-refractivity contribution in [2.45, 2.75) is 25.8 Å². The average Bonchev–Trinajstić information content (AvgIpc) is 1.83. The second-order valence-electron chi connectivity index (χ2n) is 1.45.